The van der Waals surface area contributed by atoms with E-state index in [9.17, 15) is 4.79 Å². The molecule has 1 aromatic rings. The van der Waals surface area contributed by atoms with Crippen molar-refractivity contribution in [2.24, 2.45) is 5.41 Å². The zero-order valence-electron chi connectivity index (χ0n) is 12.9. The molecule has 0 radical (unpaired) electrons. The van der Waals surface area contributed by atoms with Crippen LogP contribution in [-0.4, -0.2) is 48.4 Å². The third-order valence-corrected chi connectivity index (χ3v) is 3.86. The van der Waals surface area contributed by atoms with Crippen LogP contribution in [0.3, 0.4) is 0 Å². The molecule has 0 aromatic heterocycles. The first-order valence-electron chi connectivity index (χ1n) is 7.52. The predicted octanol–water partition coefficient (Wildman–Crippen LogP) is 2.88. The normalized spacial score (nSPS) is 17.2. The Balaban J connectivity index is 1.81. The molecule has 20 heavy (non-hydrogen) atoms. The highest BCUT2D eigenvalue weighted by Crippen LogP contribution is 2.19. The lowest BCUT2D eigenvalue weighted by Crippen LogP contribution is -2.49. The predicted molar refractivity (Wildman–Crippen MR) is 82.9 cm³/mol. The summed E-state index contributed by atoms with van der Waals surface area (Å²) in [5.41, 5.74) is 1.19. The average Bonchev–Trinajstić information content (AvgIpc) is 2.45. The Hall–Kier alpha value is -1.35. The molecular weight excluding hydrogens is 248 g/mol. The number of rotatable bonds is 3. The summed E-state index contributed by atoms with van der Waals surface area (Å²) in [5.74, 6) is 0.168. The minimum absolute atomic E-state index is 0.168. The van der Waals surface area contributed by atoms with Crippen molar-refractivity contribution in [3.8, 4) is 0 Å². The van der Waals surface area contributed by atoms with Crippen LogP contribution < -0.4 is 0 Å². The van der Waals surface area contributed by atoms with Crippen LogP contribution in [0.15, 0.2) is 30.3 Å². The summed E-state index contributed by atoms with van der Waals surface area (Å²) in [5, 5.41) is 0. The first-order chi connectivity index (χ1) is 9.46. The Kier molecular flexibility index (Phi) is 4.81. The lowest BCUT2D eigenvalue weighted by Gasteiger charge is -2.36. The van der Waals surface area contributed by atoms with Gasteiger partial charge in [0.1, 0.15) is 0 Å². The van der Waals surface area contributed by atoms with E-state index in [0.29, 0.717) is 5.41 Å². The topological polar surface area (TPSA) is 23.6 Å². The first-order valence-corrected chi connectivity index (χ1v) is 7.52. The molecule has 1 saturated heterocycles. The van der Waals surface area contributed by atoms with E-state index in [1.165, 1.54) is 6.42 Å². The van der Waals surface area contributed by atoms with Gasteiger partial charge in [-0.15, -0.1) is 0 Å². The maximum Gasteiger partial charge on any atom is 0.253 e. The maximum atomic E-state index is 12.3. The molecule has 0 bridgehead atoms. The van der Waals surface area contributed by atoms with Crippen LogP contribution in [0.25, 0.3) is 0 Å². The minimum Gasteiger partial charge on any atom is -0.336 e. The van der Waals surface area contributed by atoms with E-state index in [1.54, 1.807) is 0 Å². The number of hydrogen-bond donors (Lipinski definition) is 0. The number of carbonyl (C=O) groups is 1. The second-order valence-electron chi connectivity index (χ2n) is 6.81. The number of nitrogens with zero attached hydrogens (tertiary/aromatic N) is 2. The van der Waals surface area contributed by atoms with Crippen molar-refractivity contribution < 1.29 is 4.79 Å². The van der Waals surface area contributed by atoms with Gasteiger partial charge in [0, 0.05) is 31.7 Å². The van der Waals surface area contributed by atoms with Gasteiger partial charge in [0.2, 0.25) is 0 Å². The van der Waals surface area contributed by atoms with E-state index in [2.05, 4.69) is 25.7 Å². The van der Waals surface area contributed by atoms with E-state index in [0.717, 1.165) is 38.3 Å². The van der Waals surface area contributed by atoms with E-state index >= 15 is 0 Å². The summed E-state index contributed by atoms with van der Waals surface area (Å²) in [6.07, 6.45) is 1.21. The van der Waals surface area contributed by atoms with Gasteiger partial charge in [-0.05, 0) is 30.5 Å². The largest absolute Gasteiger partial charge is 0.336 e. The summed E-state index contributed by atoms with van der Waals surface area (Å²) < 4.78 is 0. The number of benzene rings is 1. The molecule has 2 rings (SSSR count). The van der Waals surface area contributed by atoms with Crippen LogP contribution in [0.4, 0.5) is 0 Å². The minimum atomic E-state index is 0.168. The van der Waals surface area contributed by atoms with E-state index in [1.807, 2.05) is 35.2 Å². The molecule has 0 N–H and O–H groups in total. The zero-order chi connectivity index (χ0) is 14.6. The fourth-order valence-electron chi connectivity index (χ4n) is 2.43. The monoisotopic (exact) mass is 274 g/mol. The second-order valence-corrected chi connectivity index (χ2v) is 6.81. The van der Waals surface area contributed by atoms with Gasteiger partial charge in [0.05, 0.1) is 0 Å². The Bertz CT molecular complexity index is 428. The lowest BCUT2D eigenvalue weighted by atomic mass is 9.92. The fourth-order valence-corrected chi connectivity index (χ4v) is 2.43. The molecule has 110 valence electrons. The molecule has 1 aliphatic rings. The summed E-state index contributed by atoms with van der Waals surface area (Å²) in [6, 6.07) is 9.59. The van der Waals surface area contributed by atoms with Crippen LogP contribution in [0.1, 0.15) is 37.6 Å². The summed E-state index contributed by atoms with van der Waals surface area (Å²) in [4.78, 5) is 16.8. The smallest absolute Gasteiger partial charge is 0.253 e. The van der Waals surface area contributed by atoms with Gasteiger partial charge in [-0.2, -0.15) is 0 Å². The van der Waals surface area contributed by atoms with Crippen molar-refractivity contribution in [1.82, 2.24) is 9.80 Å². The van der Waals surface area contributed by atoms with Gasteiger partial charge in [0.15, 0.2) is 0 Å². The molecule has 0 saturated carbocycles. The van der Waals surface area contributed by atoms with E-state index in [-0.39, 0.29) is 5.91 Å². The van der Waals surface area contributed by atoms with E-state index < -0.39 is 0 Å². The zero-order valence-corrected chi connectivity index (χ0v) is 12.9. The van der Waals surface area contributed by atoms with Gasteiger partial charge >= 0.3 is 0 Å². The molecule has 1 aromatic carbocycles. The highest BCUT2D eigenvalue weighted by Gasteiger charge is 2.22. The summed E-state index contributed by atoms with van der Waals surface area (Å²) in [6.45, 7) is 11.7. The van der Waals surface area contributed by atoms with Crippen LogP contribution >= 0.6 is 0 Å². The van der Waals surface area contributed by atoms with Crippen LogP contribution in [-0.2, 0) is 0 Å². The van der Waals surface area contributed by atoms with Gasteiger partial charge in [0.25, 0.3) is 5.91 Å². The number of carbonyl (C=O) groups excluding carboxylic acids is 1. The molecule has 3 nitrogen and oxygen atoms in total. The van der Waals surface area contributed by atoms with Crippen LogP contribution in [0.5, 0.6) is 0 Å². The lowest BCUT2D eigenvalue weighted by molar-refractivity contribution is 0.0623. The van der Waals surface area contributed by atoms with Crippen molar-refractivity contribution >= 4 is 5.91 Å². The standard InChI is InChI=1S/C17H26N2O/c1-17(2,3)9-10-18-11-13-19(14-12-18)16(20)15-7-5-4-6-8-15/h4-8H,9-14H2,1-3H3. The quantitative estimate of drug-likeness (QED) is 0.846. The number of amides is 1. The van der Waals surface area contributed by atoms with Gasteiger partial charge in [-0.3, -0.25) is 9.69 Å². The summed E-state index contributed by atoms with van der Waals surface area (Å²) >= 11 is 0. The highest BCUT2D eigenvalue weighted by atomic mass is 16.2. The average molecular weight is 274 g/mol. The van der Waals surface area contributed by atoms with Crippen molar-refractivity contribution in [2.75, 3.05) is 32.7 Å². The first kappa shape index (κ1) is 15.0. The number of hydrogen-bond acceptors (Lipinski definition) is 2. The maximum absolute atomic E-state index is 12.3. The summed E-state index contributed by atoms with van der Waals surface area (Å²) in [7, 11) is 0. The molecule has 0 spiro atoms. The fraction of sp³-hybridized carbons (Fsp3) is 0.588. The molecule has 1 heterocycles. The van der Waals surface area contributed by atoms with E-state index in [4.69, 9.17) is 0 Å². The second kappa shape index (κ2) is 6.40. The Labute approximate surface area is 122 Å². The molecule has 1 amide bonds. The Morgan fingerprint density at radius 2 is 1.65 bits per heavy atom. The third-order valence-electron chi connectivity index (χ3n) is 3.86. The molecule has 1 fully saturated rings. The van der Waals surface area contributed by atoms with Gasteiger partial charge in [-0.1, -0.05) is 39.0 Å². The van der Waals surface area contributed by atoms with Crippen molar-refractivity contribution in [3.63, 3.8) is 0 Å². The van der Waals surface area contributed by atoms with Crippen LogP contribution in [0.2, 0.25) is 0 Å². The Morgan fingerprint density at radius 3 is 2.20 bits per heavy atom. The molecule has 0 unspecified atom stereocenters. The van der Waals surface area contributed by atoms with Crippen molar-refractivity contribution in [3.05, 3.63) is 35.9 Å². The SMILES string of the molecule is CC(C)(C)CCN1CCN(C(=O)c2ccccc2)CC1. The van der Waals surface area contributed by atoms with Crippen LogP contribution in [0, 0.1) is 5.41 Å². The van der Waals surface area contributed by atoms with Crippen molar-refractivity contribution in [1.29, 1.82) is 0 Å². The molecule has 1 aliphatic heterocycles. The highest BCUT2D eigenvalue weighted by molar-refractivity contribution is 5.94. The molecular formula is C17H26N2O. The van der Waals surface area contributed by atoms with Gasteiger partial charge in [-0.25, -0.2) is 0 Å². The van der Waals surface area contributed by atoms with Gasteiger partial charge < -0.3 is 4.90 Å². The molecule has 0 atom stereocenters. The molecule has 0 aliphatic carbocycles. The third kappa shape index (κ3) is 4.34. The van der Waals surface area contributed by atoms with Crippen molar-refractivity contribution in [2.45, 2.75) is 27.2 Å². The number of piperazine rings is 1. The Morgan fingerprint density at radius 1 is 1.05 bits per heavy atom. The molecule has 3 heteroatoms.